The SMILES string of the molecule is CC(C)(C)N1C(C)(C)CC(C)(C)S1(=O)=O. The normalized spacial score (nSPS) is 29.3. The van der Waals surface area contributed by atoms with Gasteiger partial charge in [0.1, 0.15) is 0 Å². The van der Waals surface area contributed by atoms with E-state index in [4.69, 9.17) is 0 Å². The van der Waals surface area contributed by atoms with Crippen LogP contribution in [0.4, 0.5) is 0 Å². The molecule has 0 saturated carbocycles. The lowest BCUT2D eigenvalue weighted by Crippen LogP contribution is -2.52. The van der Waals surface area contributed by atoms with E-state index in [1.165, 1.54) is 0 Å². The molecular formula is C11H23NO2S. The number of rotatable bonds is 0. The summed E-state index contributed by atoms with van der Waals surface area (Å²) in [7, 11) is -3.20. The third kappa shape index (κ3) is 1.82. The minimum Gasteiger partial charge on any atom is -0.212 e. The fourth-order valence-corrected chi connectivity index (χ4v) is 5.51. The molecule has 1 saturated heterocycles. The largest absolute Gasteiger partial charge is 0.220 e. The molecule has 0 aromatic heterocycles. The van der Waals surface area contributed by atoms with Gasteiger partial charge in [-0.2, -0.15) is 4.31 Å². The van der Waals surface area contributed by atoms with Crippen molar-refractivity contribution < 1.29 is 8.42 Å². The van der Waals surface area contributed by atoms with Gasteiger partial charge in [0.2, 0.25) is 10.0 Å². The van der Waals surface area contributed by atoms with Crippen molar-refractivity contribution in [2.75, 3.05) is 0 Å². The van der Waals surface area contributed by atoms with Crippen molar-refractivity contribution in [2.24, 2.45) is 0 Å². The first-order valence-corrected chi connectivity index (χ1v) is 6.81. The Morgan fingerprint density at radius 1 is 1.07 bits per heavy atom. The van der Waals surface area contributed by atoms with Gasteiger partial charge in [-0.3, -0.25) is 0 Å². The van der Waals surface area contributed by atoms with Crippen LogP contribution in [0.2, 0.25) is 0 Å². The molecule has 1 aliphatic heterocycles. The van der Waals surface area contributed by atoms with E-state index in [9.17, 15) is 8.42 Å². The summed E-state index contributed by atoms with van der Waals surface area (Å²) in [6, 6.07) is 0. The molecule has 1 aliphatic rings. The van der Waals surface area contributed by atoms with E-state index >= 15 is 0 Å². The highest BCUT2D eigenvalue weighted by Crippen LogP contribution is 2.47. The van der Waals surface area contributed by atoms with Gasteiger partial charge in [-0.15, -0.1) is 0 Å². The zero-order valence-corrected chi connectivity index (χ0v) is 11.7. The van der Waals surface area contributed by atoms with E-state index in [0.29, 0.717) is 6.42 Å². The molecule has 4 heteroatoms. The highest BCUT2D eigenvalue weighted by Gasteiger charge is 2.58. The molecule has 1 fully saturated rings. The van der Waals surface area contributed by atoms with Crippen molar-refractivity contribution in [2.45, 2.75) is 70.7 Å². The second-order valence-electron chi connectivity index (χ2n) is 6.69. The molecule has 90 valence electrons. The molecule has 1 rings (SSSR count). The van der Waals surface area contributed by atoms with Gasteiger partial charge in [-0.1, -0.05) is 0 Å². The first-order valence-electron chi connectivity index (χ1n) is 5.37. The molecular weight excluding hydrogens is 210 g/mol. The summed E-state index contributed by atoms with van der Waals surface area (Å²) in [5.74, 6) is 0. The lowest BCUT2D eigenvalue weighted by molar-refractivity contribution is 0.138. The van der Waals surface area contributed by atoms with Gasteiger partial charge in [-0.05, 0) is 54.9 Å². The maximum atomic E-state index is 12.4. The Labute approximate surface area is 93.9 Å². The molecule has 0 amide bonds. The minimum absolute atomic E-state index is 0.291. The topological polar surface area (TPSA) is 37.4 Å². The third-order valence-electron chi connectivity index (χ3n) is 2.96. The Balaban J connectivity index is 3.39. The van der Waals surface area contributed by atoms with Crippen molar-refractivity contribution in [3.63, 3.8) is 0 Å². The van der Waals surface area contributed by atoms with Crippen LogP contribution in [-0.4, -0.2) is 28.5 Å². The molecule has 0 radical (unpaired) electrons. The molecule has 0 bridgehead atoms. The molecule has 0 aromatic carbocycles. The Kier molecular flexibility index (Phi) is 2.57. The fraction of sp³-hybridized carbons (Fsp3) is 1.00. The van der Waals surface area contributed by atoms with E-state index < -0.39 is 14.8 Å². The van der Waals surface area contributed by atoms with Crippen LogP contribution in [-0.2, 0) is 10.0 Å². The molecule has 1 heterocycles. The average molecular weight is 233 g/mol. The molecule has 0 spiro atoms. The van der Waals surface area contributed by atoms with Crippen LogP contribution in [0, 0.1) is 0 Å². The molecule has 0 unspecified atom stereocenters. The number of sulfonamides is 1. The molecule has 0 aromatic rings. The van der Waals surface area contributed by atoms with Crippen molar-refractivity contribution in [1.29, 1.82) is 0 Å². The molecule has 0 N–H and O–H groups in total. The van der Waals surface area contributed by atoms with Crippen LogP contribution in [0.25, 0.3) is 0 Å². The first-order chi connectivity index (χ1) is 6.32. The van der Waals surface area contributed by atoms with E-state index in [0.717, 1.165) is 0 Å². The number of hydrogen-bond donors (Lipinski definition) is 0. The second-order valence-corrected chi connectivity index (χ2v) is 9.11. The van der Waals surface area contributed by atoms with Gasteiger partial charge >= 0.3 is 0 Å². The van der Waals surface area contributed by atoms with Crippen LogP contribution in [0.5, 0.6) is 0 Å². The van der Waals surface area contributed by atoms with Crippen LogP contribution in [0.3, 0.4) is 0 Å². The maximum absolute atomic E-state index is 12.4. The molecule has 0 atom stereocenters. The quantitative estimate of drug-likeness (QED) is 0.644. The lowest BCUT2D eigenvalue weighted by Gasteiger charge is -2.40. The highest BCUT2D eigenvalue weighted by molar-refractivity contribution is 7.90. The van der Waals surface area contributed by atoms with E-state index in [1.807, 2.05) is 48.5 Å². The Hall–Kier alpha value is -0.0900. The number of nitrogens with zero attached hydrogens (tertiary/aromatic N) is 1. The maximum Gasteiger partial charge on any atom is 0.220 e. The van der Waals surface area contributed by atoms with E-state index in [1.54, 1.807) is 4.31 Å². The summed E-state index contributed by atoms with van der Waals surface area (Å²) in [5.41, 5.74) is -0.642. The van der Waals surface area contributed by atoms with Gasteiger partial charge in [-0.25, -0.2) is 8.42 Å². The number of hydrogen-bond acceptors (Lipinski definition) is 2. The van der Waals surface area contributed by atoms with Crippen LogP contribution >= 0.6 is 0 Å². The first kappa shape index (κ1) is 13.0. The van der Waals surface area contributed by atoms with Crippen LogP contribution in [0.15, 0.2) is 0 Å². The van der Waals surface area contributed by atoms with Crippen molar-refractivity contribution in [3.8, 4) is 0 Å². The second kappa shape index (κ2) is 2.98. The summed E-state index contributed by atoms with van der Waals surface area (Å²) in [4.78, 5) is 0. The molecule has 0 aliphatic carbocycles. The van der Waals surface area contributed by atoms with Crippen molar-refractivity contribution in [1.82, 2.24) is 4.31 Å². The van der Waals surface area contributed by atoms with E-state index in [-0.39, 0.29) is 11.1 Å². The van der Waals surface area contributed by atoms with Gasteiger partial charge < -0.3 is 0 Å². The van der Waals surface area contributed by atoms with Crippen LogP contribution in [0.1, 0.15) is 54.9 Å². The summed E-state index contributed by atoms with van der Waals surface area (Å²) < 4.78 is 25.8. The summed E-state index contributed by atoms with van der Waals surface area (Å²) in [6.45, 7) is 13.5. The Morgan fingerprint density at radius 3 is 1.60 bits per heavy atom. The Bertz CT molecular complexity index is 361. The zero-order valence-electron chi connectivity index (χ0n) is 10.9. The predicted octanol–water partition coefficient (Wildman–Crippen LogP) is 2.38. The Morgan fingerprint density at radius 2 is 1.47 bits per heavy atom. The lowest BCUT2D eigenvalue weighted by atomic mass is 9.90. The summed E-state index contributed by atoms with van der Waals surface area (Å²) in [6.07, 6.45) is 0.680. The van der Waals surface area contributed by atoms with Gasteiger partial charge in [0.25, 0.3) is 0 Å². The van der Waals surface area contributed by atoms with Crippen molar-refractivity contribution >= 4 is 10.0 Å². The van der Waals surface area contributed by atoms with Gasteiger partial charge in [0.05, 0.1) is 4.75 Å². The highest BCUT2D eigenvalue weighted by atomic mass is 32.2. The minimum atomic E-state index is -3.20. The van der Waals surface area contributed by atoms with Crippen LogP contribution < -0.4 is 0 Å². The van der Waals surface area contributed by atoms with Gasteiger partial charge in [0.15, 0.2) is 0 Å². The standard InChI is InChI=1S/C11H23NO2S/c1-9(2,3)12-10(4,5)8-11(6,7)15(12,13)14/h8H2,1-7H3. The average Bonchev–Trinajstić information content (AvgIpc) is 1.87. The predicted molar refractivity (Wildman–Crippen MR) is 63.3 cm³/mol. The fourth-order valence-electron chi connectivity index (χ4n) is 3.05. The van der Waals surface area contributed by atoms with Crippen molar-refractivity contribution in [3.05, 3.63) is 0 Å². The summed E-state index contributed by atoms with van der Waals surface area (Å²) in [5, 5.41) is 0. The van der Waals surface area contributed by atoms with Gasteiger partial charge in [0, 0.05) is 11.1 Å². The molecule has 15 heavy (non-hydrogen) atoms. The monoisotopic (exact) mass is 233 g/mol. The molecule has 3 nitrogen and oxygen atoms in total. The zero-order chi connectivity index (χ0) is 12.3. The summed E-state index contributed by atoms with van der Waals surface area (Å²) >= 11 is 0. The van der Waals surface area contributed by atoms with E-state index in [2.05, 4.69) is 0 Å². The smallest absolute Gasteiger partial charge is 0.212 e. The third-order valence-corrected chi connectivity index (χ3v) is 6.02.